The first-order valence-corrected chi connectivity index (χ1v) is 11.1. The molecular formula is C26H28N4O3. The number of para-hydroxylation sites is 2. The predicted molar refractivity (Wildman–Crippen MR) is 128 cm³/mol. The second-order valence-electron chi connectivity index (χ2n) is 8.36. The van der Waals surface area contributed by atoms with E-state index in [-0.39, 0.29) is 11.9 Å². The Bertz CT molecular complexity index is 1110. The van der Waals surface area contributed by atoms with Crippen molar-refractivity contribution < 1.29 is 14.3 Å². The fourth-order valence-electron chi connectivity index (χ4n) is 4.22. The number of hydrogen-bond donors (Lipinski definition) is 3. The Morgan fingerprint density at radius 1 is 1.03 bits per heavy atom. The number of ether oxygens (including phenoxy) is 1. The van der Waals surface area contributed by atoms with Gasteiger partial charge in [-0.25, -0.2) is 4.79 Å². The number of benzene rings is 2. The molecule has 1 aliphatic rings. The van der Waals surface area contributed by atoms with Crippen molar-refractivity contribution in [1.82, 2.24) is 10.3 Å². The van der Waals surface area contributed by atoms with Gasteiger partial charge in [0.2, 0.25) is 0 Å². The number of nitrogens with zero attached hydrogens (tertiary/aromatic N) is 1. The summed E-state index contributed by atoms with van der Waals surface area (Å²) in [6.45, 7) is 1.88. The van der Waals surface area contributed by atoms with Gasteiger partial charge in [0.25, 0.3) is 5.91 Å². The van der Waals surface area contributed by atoms with Gasteiger partial charge in [0.15, 0.2) is 0 Å². The number of anilines is 2. The minimum Gasteiger partial charge on any atom is -0.438 e. The standard InChI is InChI=1S/C26H28N4O3/c1-18(29-25(32)33-26(14-4-5-15-26)21-7-6-16-28-17-21)19-10-12-20(13-11-19)24(31)30-23-9-3-2-8-22(23)27/h2-3,6-13,16-18H,4-5,14-15,27H2,1H3,(H,29,32)(H,30,31). The summed E-state index contributed by atoms with van der Waals surface area (Å²) in [6.07, 6.45) is 6.62. The Hall–Kier alpha value is -3.87. The van der Waals surface area contributed by atoms with Crippen molar-refractivity contribution >= 4 is 23.4 Å². The number of alkyl carbamates (subject to hydrolysis) is 1. The maximum atomic E-state index is 12.7. The van der Waals surface area contributed by atoms with Gasteiger partial charge >= 0.3 is 6.09 Å². The Morgan fingerprint density at radius 2 is 1.76 bits per heavy atom. The van der Waals surface area contributed by atoms with Crippen LogP contribution in [0, 0.1) is 0 Å². The molecule has 1 fully saturated rings. The van der Waals surface area contributed by atoms with E-state index in [1.54, 1.807) is 36.7 Å². The van der Waals surface area contributed by atoms with Crippen molar-refractivity contribution in [2.24, 2.45) is 0 Å². The molecule has 2 amide bonds. The summed E-state index contributed by atoms with van der Waals surface area (Å²) in [5, 5.41) is 5.72. The molecule has 1 atom stereocenters. The minimum atomic E-state index is -0.626. The summed E-state index contributed by atoms with van der Waals surface area (Å²) >= 11 is 0. The van der Waals surface area contributed by atoms with E-state index in [0.717, 1.165) is 36.8 Å². The van der Waals surface area contributed by atoms with Crippen LogP contribution in [-0.4, -0.2) is 17.0 Å². The number of nitrogen functional groups attached to an aromatic ring is 1. The van der Waals surface area contributed by atoms with Gasteiger partial charge in [-0.2, -0.15) is 0 Å². The van der Waals surface area contributed by atoms with Crippen LogP contribution in [-0.2, 0) is 10.3 Å². The van der Waals surface area contributed by atoms with Gasteiger partial charge < -0.3 is 21.1 Å². The third kappa shape index (κ3) is 5.14. The van der Waals surface area contributed by atoms with Crippen LogP contribution in [0.25, 0.3) is 0 Å². The highest BCUT2D eigenvalue weighted by molar-refractivity contribution is 6.05. The number of carbonyl (C=O) groups is 2. The molecule has 0 aliphatic heterocycles. The first kappa shape index (κ1) is 22.3. The van der Waals surface area contributed by atoms with Crippen LogP contribution >= 0.6 is 0 Å². The Kier molecular flexibility index (Phi) is 6.58. The first-order chi connectivity index (χ1) is 16.0. The first-order valence-electron chi connectivity index (χ1n) is 11.1. The lowest BCUT2D eigenvalue weighted by Crippen LogP contribution is -2.36. The van der Waals surface area contributed by atoms with E-state index in [9.17, 15) is 9.59 Å². The van der Waals surface area contributed by atoms with E-state index in [0.29, 0.717) is 16.9 Å². The molecule has 1 unspecified atom stereocenters. The molecule has 2 aromatic carbocycles. The monoisotopic (exact) mass is 444 g/mol. The Balaban J connectivity index is 1.38. The van der Waals surface area contributed by atoms with E-state index in [1.165, 1.54) is 0 Å². The summed E-state index contributed by atoms with van der Waals surface area (Å²) in [5.41, 5.74) is 8.63. The zero-order valence-electron chi connectivity index (χ0n) is 18.6. The molecule has 4 rings (SSSR count). The second-order valence-corrected chi connectivity index (χ2v) is 8.36. The molecule has 0 spiro atoms. The van der Waals surface area contributed by atoms with Gasteiger partial charge in [0.05, 0.1) is 17.4 Å². The van der Waals surface area contributed by atoms with Gasteiger partial charge in [-0.05, 0) is 68.5 Å². The third-order valence-electron chi connectivity index (χ3n) is 6.10. The largest absolute Gasteiger partial charge is 0.438 e. The Morgan fingerprint density at radius 3 is 2.42 bits per heavy atom. The molecular weight excluding hydrogens is 416 g/mol. The molecule has 1 aliphatic carbocycles. The molecule has 3 aromatic rings. The summed E-state index contributed by atoms with van der Waals surface area (Å²) in [4.78, 5) is 29.5. The normalized spacial score (nSPS) is 15.4. The maximum Gasteiger partial charge on any atom is 0.408 e. The van der Waals surface area contributed by atoms with Crippen molar-refractivity contribution in [3.05, 3.63) is 89.7 Å². The highest BCUT2D eigenvalue weighted by Gasteiger charge is 2.40. The van der Waals surface area contributed by atoms with Crippen molar-refractivity contribution in [1.29, 1.82) is 0 Å². The SMILES string of the molecule is CC(NC(=O)OC1(c2cccnc2)CCCC1)c1ccc(C(=O)Nc2ccccc2N)cc1. The van der Waals surface area contributed by atoms with Crippen LogP contribution in [0.15, 0.2) is 73.1 Å². The van der Waals surface area contributed by atoms with Crippen molar-refractivity contribution in [3.63, 3.8) is 0 Å². The van der Waals surface area contributed by atoms with Gasteiger partial charge in [0, 0.05) is 23.5 Å². The average Bonchev–Trinajstić information content (AvgIpc) is 3.30. The number of rotatable bonds is 6. The minimum absolute atomic E-state index is 0.251. The van der Waals surface area contributed by atoms with Gasteiger partial charge in [-0.15, -0.1) is 0 Å². The Labute approximate surface area is 193 Å². The van der Waals surface area contributed by atoms with E-state index in [1.807, 2.05) is 43.3 Å². The number of carbonyl (C=O) groups excluding carboxylic acids is 2. The number of aromatic nitrogens is 1. The molecule has 4 N–H and O–H groups in total. The quantitative estimate of drug-likeness (QED) is 0.455. The van der Waals surface area contributed by atoms with Gasteiger partial charge in [-0.1, -0.05) is 30.3 Å². The van der Waals surface area contributed by atoms with E-state index >= 15 is 0 Å². The van der Waals surface area contributed by atoms with Crippen LogP contribution in [0.2, 0.25) is 0 Å². The molecule has 7 nitrogen and oxygen atoms in total. The molecule has 1 heterocycles. The van der Waals surface area contributed by atoms with Gasteiger partial charge in [-0.3, -0.25) is 9.78 Å². The van der Waals surface area contributed by atoms with Crippen LogP contribution in [0.4, 0.5) is 16.2 Å². The summed E-state index contributed by atoms with van der Waals surface area (Å²) < 4.78 is 5.95. The highest BCUT2D eigenvalue weighted by Crippen LogP contribution is 2.42. The summed E-state index contributed by atoms with van der Waals surface area (Å²) in [7, 11) is 0. The number of nitrogens with two attached hydrogens (primary N) is 1. The van der Waals surface area contributed by atoms with Crippen molar-refractivity contribution in [2.75, 3.05) is 11.1 Å². The number of pyridine rings is 1. The fourth-order valence-corrected chi connectivity index (χ4v) is 4.22. The number of hydrogen-bond acceptors (Lipinski definition) is 5. The smallest absolute Gasteiger partial charge is 0.408 e. The third-order valence-corrected chi connectivity index (χ3v) is 6.10. The number of amides is 2. The lowest BCUT2D eigenvalue weighted by atomic mass is 9.93. The molecule has 33 heavy (non-hydrogen) atoms. The molecule has 1 aromatic heterocycles. The number of nitrogens with one attached hydrogen (secondary N) is 2. The van der Waals surface area contributed by atoms with E-state index in [4.69, 9.17) is 10.5 Å². The summed E-state index contributed by atoms with van der Waals surface area (Å²) in [5.74, 6) is -0.251. The predicted octanol–water partition coefficient (Wildman–Crippen LogP) is 5.17. The zero-order chi connectivity index (χ0) is 23.3. The lowest BCUT2D eigenvalue weighted by molar-refractivity contribution is 0.0107. The second kappa shape index (κ2) is 9.73. The molecule has 170 valence electrons. The van der Waals surface area contributed by atoms with E-state index < -0.39 is 11.7 Å². The topological polar surface area (TPSA) is 106 Å². The molecule has 1 saturated carbocycles. The zero-order valence-corrected chi connectivity index (χ0v) is 18.6. The van der Waals surface area contributed by atoms with Crippen LogP contribution in [0.3, 0.4) is 0 Å². The highest BCUT2D eigenvalue weighted by atomic mass is 16.6. The molecule has 0 bridgehead atoms. The van der Waals surface area contributed by atoms with Crippen LogP contribution in [0.1, 0.15) is 60.1 Å². The van der Waals surface area contributed by atoms with Gasteiger partial charge in [0.1, 0.15) is 5.60 Å². The van der Waals surface area contributed by atoms with Crippen LogP contribution in [0.5, 0.6) is 0 Å². The van der Waals surface area contributed by atoms with Crippen LogP contribution < -0.4 is 16.4 Å². The molecule has 7 heteroatoms. The fraction of sp³-hybridized carbons (Fsp3) is 0.269. The average molecular weight is 445 g/mol. The maximum absolute atomic E-state index is 12.7. The lowest BCUT2D eigenvalue weighted by Gasteiger charge is -2.30. The molecule has 0 radical (unpaired) electrons. The molecule has 0 saturated heterocycles. The summed E-state index contributed by atoms with van der Waals surface area (Å²) in [6, 6.07) is 17.7. The van der Waals surface area contributed by atoms with Crippen molar-refractivity contribution in [2.45, 2.75) is 44.2 Å². The van der Waals surface area contributed by atoms with E-state index in [2.05, 4.69) is 15.6 Å². The van der Waals surface area contributed by atoms with Crippen molar-refractivity contribution in [3.8, 4) is 0 Å².